The van der Waals surface area contributed by atoms with E-state index in [1.807, 2.05) is 0 Å². The third-order valence-corrected chi connectivity index (χ3v) is 3.16. The molecule has 19 heavy (non-hydrogen) atoms. The number of benzene rings is 1. The average molecular weight is 324 g/mol. The van der Waals surface area contributed by atoms with Crippen LogP contribution in [0.4, 0.5) is 13.2 Å². The summed E-state index contributed by atoms with van der Waals surface area (Å²) in [6.07, 6.45) is -4.46. The molecule has 0 amide bonds. The van der Waals surface area contributed by atoms with Gasteiger partial charge < -0.3 is 4.98 Å². The lowest BCUT2D eigenvalue weighted by Crippen LogP contribution is -2.05. The Balaban J connectivity index is 2.63. The first-order valence-electron chi connectivity index (χ1n) is 5.04. The number of alkyl halides is 3. The van der Waals surface area contributed by atoms with Crippen molar-refractivity contribution in [1.82, 2.24) is 4.98 Å². The summed E-state index contributed by atoms with van der Waals surface area (Å²) < 4.78 is 38.1. The molecule has 0 unspecified atom stereocenters. The molecule has 7 heteroatoms. The molecule has 0 atom stereocenters. The van der Waals surface area contributed by atoms with Gasteiger partial charge in [0.15, 0.2) is 0 Å². The van der Waals surface area contributed by atoms with Crippen LogP contribution in [0.2, 0.25) is 10.0 Å². The zero-order valence-electron chi connectivity index (χ0n) is 9.18. The summed E-state index contributed by atoms with van der Waals surface area (Å²) in [5.41, 5.74) is -0.220. The van der Waals surface area contributed by atoms with Crippen LogP contribution in [0, 0.1) is 4.64 Å². The predicted octanol–water partition coefficient (Wildman–Crippen LogP) is 5.74. The summed E-state index contributed by atoms with van der Waals surface area (Å²) in [5.74, 6) is 0. The molecular weight excluding hydrogens is 318 g/mol. The van der Waals surface area contributed by atoms with Gasteiger partial charge in [0.25, 0.3) is 0 Å². The molecule has 2 rings (SSSR count). The summed E-state index contributed by atoms with van der Waals surface area (Å²) in [7, 11) is 0. The molecule has 0 aliphatic heterocycles. The van der Waals surface area contributed by atoms with Crippen LogP contribution in [0.25, 0.3) is 11.3 Å². The second kappa shape index (κ2) is 5.15. The van der Waals surface area contributed by atoms with Crippen LogP contribution in [0.1, 0.15) is 5.56 Å². The highest BCUT2D eigenvalue weighted by Gasteiger charge is 2.31. The number of aromatic amines is 1. The molecule has 0 fully saturated rings. The Kier molecular flexibility index (Phi) is 3.90. The van der Waals surface area contributed by atoms with Crippen LogP contribution in [-0.2, 0) is 6.18 Å². The van der Waals surface area contributed by atoms with Crippen LogP contribution in [0.5, 0.6) is 0 Å². The molecule has 0 aliphatic carbocycles. The van der Waals surface area contributed by atoms with E-state index < -0.39 is 11.7 Å². The Labute approximate surface area is 122 Å². The van der Waals surface area contributed by atoms with Gasteiger partial charge in [-0.1, -0.05) is 35.4 Å². The van der Waals surface area contributed by atoms with Crippen LogP contribution < -0.4 is 0 Å². The van der Waals surface area contributed by atoms with Crippen LogP contribution in [0.3, 0.4) is 0 Å². The smallest absolute Gasteiger partial charge is 0.346 e. The highest BCUT2D eigenvalue weighted by atomic mass is 35.5. The SMILES string of the molecule is FC(F)(F)c1cc(-c2ccc(Cl)cc2Cl)[nH]c(=S)c1. The van der Waals surface area contributed by atoms with Crippen molar-refractivity contribution in [3.8, 4) is 11.3 Å². The predicted molar refractivity (Wildman–Crippen MR) is 72.1 cm³/mol. The fourth-order valence-electron chi connectivity index (χ4n) is 1.56. The molecule has 0 radical (unpaired) electrons. The minimum Gasteiger partial charge on any atom is -0.346 e. The summed E-state index contributed by atoms with van der Waals surface area (Å²) >= 11 is 16.5. The third kappa shape index (κ3) is 3.29. The quantitative estimate of drug-likeness (QED) is 0.662. The Morgan fingerprint density at radius 3 is 2.32 bits per heavy atom. The van der Waals surface area contributed by atoms with Gasteiger partial charge in [-0.3, -0.25) is 0 Å². The molecule has 1 N–H and O–H groups in total. The lowest BCUT2D eigenvalue weighted by atomic mass is 10.1. The zero-order chi connectivity index (χ0) is 14.2. The first-order chi connectivity index (χ1) is 8.77. The number of aromatic nitrogens is 1. The Morgan fingerprint density at radius 2 is 1.74 bits per heavy atom. The first-order valence-corrected chi connectivity index (χ1v) is 6.21. The highest BCUT2D eigenvalue weighted by Crippen LogP contribution is 2.34. The van der Waals surface area contributed by atoms with Crippen LogP contribution in [-0.4, -0.2) is 4.98 Å². The maximum atomic E-state index is 12.7. The fourth-order valence-corrected chi connectivity index (χ4v) is 2.31. The van der Waals surface area contributed by atoms with Crippen molar-refractivity contribution < 1.29 is 13.2 Å². The molecule has 1 heterocycles. The molecule has 1 aromatic heterocycles. The van der Waals surface area contributed by atoms with Gasteiger partial charge in [0, 0.05) is 16.3 Å². The van der Waals surface area contributed by atoms with Crippen molar-refractivity contribution in [1.29, 1.82) is 0 Å². The summed E-state index contributed by atoms with van der Waals surface area (Å²) in [5, 5.41) is 0.650. The van der Waals surface area contributed by atoms with Crippen molar-refractivity contribution in [2.45, 2.75) is 6.18 Å². The standard InChI is InChI=1S/C12H6Cl2F3NS/c13-7-1-2-8(9(14)5-7)10-3-6(12(15,16)17)4-11(19)18-10/h1-5H,(H,18,19). The summed E-state index contributed by atoms with van der Waals surface area (Å²) in [6.45, 7) is 0. The van der Waals surface area contributed by atoms with E-state index in [0.717, 1.165) is 12.1 Å². The minimum atomic E-state index is -4.46. The Hall–Kier alpha value is -1.04. The molecule has 0 saturated heterocycles. The first kappa shape index (κ1) is 14.4. The summed E-state index contributed by atoms with van der Waals surface area (Å²) in [6, 6.07) is 6.36. The van der Waals surface area contributed by atoms with Gasteiger partial charge in [0.1, 0.15) is 4.64 Å². The lowest BCUT2D eigenvalue weighted by molar-refractivity contribution is -0.137. The van der Waals surface area contributed by atoms with E-state index in [1.165, 1.54) is 12.1 Å². The molecular formula is C12H6Cl2F3NS. The van der Waals surface area contributed by atoms with Gasteiger partial charge in [-0.25, -0.2) is 0 Å². The molecule has 0 saturated carbocycles. The van der Waals surface area contributed by atoms with Gasteiger partial charge in [-0.15, -0.1) is 0 Å². The topological polar surface area (TPSA) is 15.8 Å². The molecule has 0 bridgehead atoms. The number of hydrogen-bond acceptors (Lipinski definition) is 1. The number of nitrogens with one attached hydrogen (secondary N) is 1. The molecule has 2 aromatic rings. The summed E-state index contributed by atoms with van der Waals surface area (Å²) in [4.78, 5) is 2.68. The fraction of sp³-hybridized carbons (Fsp3) is 0.0833. The van der Waals surface area contributed by atoms with Gasteiger partial charge in [0.05, 0.1) is 10.6 Å². The normalized spacial score (nSPS) is 11.6. The second-order valence-electron chi connectivity index (χ2n) is 3.77. The van der Waals surface area contributed by atoms with Gasteiger partial charge in [-0.2, -0.15) is 13.2 Å². The number of pyridine rings is 1. The van der Waals surface area contributed by atoms with Gasteiger partial charge in [0.2, 0.25) is 0 Å². The van der Waals surface area contributed by atoms with Crippen molar-refractivity contribution in [3.05, 3.63) is 50.6 Å². The van der Waals surface area contributed by atoms with Crippen LogP contribution in [0.15, 0.2) is 30.3 Å². The maximum absolute atomic E-state index is 12.7. The van der Waals surface area contributed by atoms with E-state index in [-0.39, 0.29) is 15.4 Å². The Morgan fingerprint density at radius 1 is 1.05 bits per heavy atom. The highest BCUT2D eigenvalue weighted by molar-refractivity contribution is 7.71. The van der Waals surface area contributed by atoms with Crippen molar-refractivity contribution in [2.24, 2.45) is 0 Å². The number of rotatable bonds is 1. The molecule has 1 nitrogen and oxygen atoms in total. The van der Waals surface area contributed by atoms with Crippen molar-refractivity contribution >= 4 is 35.4 Å². The maximum Gasteiger partial charge on any atom is 0.416 e. The monoisotopic (exact) mass is 323 g/mol. The van der Waals surface area contributed by atoms with E-state index in [4.69, 9.17) is 35.4 Å². The largest absolute Gasteiger partial charge is 0.416 e. The van der Waals surface area contributed by atoms with E-state index in [2.05, 4.69) is 4.98 Å². The van der Waals surface area contributed by atoms with E-state index >= 15 is 0 Å². The average Bonchev–Trinajstić information content (AvgIpc) is 2.26. The minimum absolute atomic E-state index is 0.0177. The van der Waals surface area contributed by atoms with E-state index in [1.54, 1.807) is 6.07 Å². The van der Waals surface area contributed by atoms with E-state index in [0.29, 0.717) is 10.6 Å². The van der Waals surface area contributed by atoms with Crippen LogP contribution >= 0.6 is 35.4 Å². The van der Waals surface area contributed by atoms with E-state index in [9.17, 15) is 13.2 Å². The van der Waals surface area contributed by atoms with Crippen molar-refractivity contribution in [2.75, 3.05) is 0 Å². The molecule has 0 aliphatic rings. The lowest BCUT2D eigenvalue weighted by Gasteiger charge is -2.10. The van der Waals surface area contributed by atoms with Crippen molar-refractivity contribution in [3.63, 3.8) is 0 Å². The second-order valence-corrected chi connectivity index (χ2v) is 5.05. The molecule has 100 valence electrons. The zero-order valence-corrected chi connectivity index (χ0v) is 11.5. The third-order valence-electron chi connectivity index (χ3n) is 2.39. The number of halogens is 5. The molecule has 1 aromatic carbocycles. The number of H-pyrrole nitrogens is 1. The van der Waals surface area contributed by atoms with Gasteiger partial charge >= 0.3 is 6.18 Å². The Bertz CT molecular complexity index is 679. The van der Waals surface area contributed by atoms with Gasteiger partial charge in [-0.05, 0) is 30.3 Å². The molecule has 0 spiro atoms. The number of hydrogen-bond donors (Lipinski definition) is 1.